The summed E-state index contributed by atoms with van der Waals surface area (Å²) in [5.74, 6) is -0.317. The van der Waals surface area contributed by atoms with E-state index in [0.717, 1.165) is 16.5 Å². The highest BCUT2D eigenvalue weighted by molar-refractivity contribution is 7.90. The molecule has 0 aliphatic carbocycles. The topological polar surface area (TPSA) is 65.4 Å². The number of benzene rings is 2. The first-order valence-electron chi connectivity index (χ1n) is 8.93. The second-order valence-electron chi connectivity index (χ2n) is 6.86. The molecule has 7 heteroatoms. The van der Waals surface area contributed by atoms with E-state index < -0.39 is 10.0 Å². The first kappa shape index (κ1) is 20.4. The van der Waals surface area contributed by atoms with Gasteiger partial charge in [-0.1, -0.05) is 17.7 Å². The Labute approximate surface area is 169 Å². The number of methoxy groups -OCH3 is 1. The number of nitrogens with zero attached hydrogens (tertiary/aromatic N) is 1. The van der Waals surface area contributed by atoms with Gasteiger partial charge in [-0.05, 0) is 74.2 Å². The van der Waals surface area contributed by atoms with E-state index in [0.29, 0.717) is 29.1 Å². The molecule has 0 N–H and O–H groups in total. The molecule has 0 saturated carbocycles. The summed E-state index contributed by atoms with van der Waals surface area (Å²) in [4.78, 5) is 11.7. The van der Waals surface area contributed by atoms with Gasteiger partial charge in [0.15, 0.2) is 0 Å². The van der Waals surface area contributed by atoms with Crippen molar-refractivity contribution >= 4 is 38.5 Å². The van der Waals surface area contributed by atoms with E-state index in [1.54, 1.807) is 30.3 Å². The average Bonchev–Trinajstić information content (AvgIpc) is 2.98. The van der Waals surface area contributed by atoms with Gasteiger partial charge in [0.05, 0.1) is 17.5 Å². The van der Waals surface area contributed by atoms with Crippen LogP contribution in [0.2, 0.25) is 5.02 Å². The fourth-order valence-corrected chi connectivity index (χ4v) is 5.32. The number of carbonyl (C=O) groups excluding carboxylic acids is 1. The third-order valence-electron chi connectivity index (χ3n) is 4.57. The van der Waals surface area contributed by atoms with Crippen molar-refractivity contribution in [2.24, 2.45) is 0 Å². The van der Waals surface area contributed by atoms with E-state index in [4.69, 9.17) is 11.6 Å². The summed E-state index contributed by atoms with van der Waals surface area (Å²) in [5.41, 5.74) is 2.94. The first-order valence-corrected chi connectivity index (χ1v) is 10.7. The zero-order valence-electron chi connectivity index (χ0n) is 16.0. The van der Waals surface area contributed by atoms with Gasteiger partial charge in [-0.2, -0.15) is 0 Å². The molecule has 1 aromatic heterocycles. The van der Waals surface area contributed by atoms with Crippen molar-refractivity contribution < 1.29 is 17.9 Å². The number of ether oxygens (including phenoxy) is 1. The van der Waals surface area contributed by atoms with Crippen LogP contribution in [-0.2, 0) is 26.0 Å². The SMILES string of the molecule is COC(=O)CCCc1cc2cc(Cl)ccc2n1S(=O)(=O)c1cc(C)cc(C)c1. The Balaban J connectivity index is 2.14. The molecule has 0 aliphatic rings. The maximum Gasteiger partial charge on any atom is 0.305 e. The Morgan fingerprint density at radius 2 is 1.75 bits per heavy atom. The van der Waals surface area contributed by atoms with Gasteiger partial charge in [0.2, 0.25) is 0 Å². The molecule has 2 aromatic carbocycles. The lowest BCUT2D eigenvalue weighted by Gasteiger charge is -2.13. The number of carbonyl (C=O) groups is 1. The van der Waals surface area contributed by atoms with Crippen LogP contribution in [-0.4, -0.2) is 25.5 Å². The standard InChI is InChI=1S/C21H22ClNO4S/c1-14-9-15(2)11-19(10-14)28(25,26)23-18(5-4-6-21(24)27-3)13-16-12-17(22)7-8-20(16)23/h7-13H,4-6H2,1-3H3. The van der Waals surface area contributed by atoms with Crippen LogP contribution in [0.5, 0.6) is 0 Å². The van der Waals surface area contributed by atoms with Crippen LogP contribution in [0.15, 0.2) is 47.4 Å². The third kappa shape index (κ3) is 4.08. The molecule has 0 aliphatic heterocycles. The van der Waals surface area contributed by atoms with Crippen LogP contribution < -0.4 is 0 Å². The highest BCUT2D eigenvalue weighted by Crippen LogP contribution is 2.29. The van der Waals surface area contributed by atoms with Gasteiger partial charge in [0.25, 0.3) is 10.0 Å². The van der Waals surface area contributed by atoms with Crippen molar-refractivity contribution in [2.75, 3.05) is 7.11 Å². The summed E-state index contributed by atoms with van der Waals surface area (Å²) in [7, 11) is -2.47. The van der Waals surface area contributed by atoms with E-state index in [1.165, 1.54) is 11.1 Å². The lowest BCUT2D eigenvalue weighted by atomic mass is 10.2. The molecule has 5 nitrogen and oxygen atoms in total. The Bertz CT molecular complexity index is 1130. The van der Waals surface area contributed by atoms with Gasteiger partial charge in [0, 0.05) is 22.5 Å². The molecule has 0 fully saturated rings. The zero-order valence-corrected chi connectivity index (χ0v) is 17.6. The van der Waals surface area contributed by atoms with E-state index in [-0.39, 0.29) is 17.3 Å². The molecule has 0 unspecified atom stereocenters. The van der Waals surface area contributed by atoms with Crippen molar-refractivity contribution in [2.45, 2.75) is 38.0 Å². The summed E-state index contributed by atoms with van der Waals surface area (Å²) in [5, 5.41) is 1.28. The van der Waals surface area contributed by atoms with E-state index in [1.807, 2.05) is 26.0 Å². The van der Waals surface area contributed by atoms with Crippen LogP contribution in [0.4, 0.5) is 0 Å². The van der Waals surface area contributed by atoms with Gasteiger partial charge in [-0.25, -0.2) is 12.4 Å². The highest BCUT2D eigenvalue weighted by Gasteiger charge is 2.23. The number of aryl methyl sites for hydroxylation is 3. The maximum absolute atomic E-state index is 13.5. The van der Waals surface area contributed by atoms with E-state index in [2.05, 4.69) is 4.74 Å². The highest BCUT2D eigenvalue weighted by atomic mass is 35.5. The average molecular weight is 420 g/mol. The molecule has 148 valence electrons. The van der Waals surface area contributed by atoms with Crippen LogP contribution in [0.1, 0.15) is 29.7 Å². The normalized spacial score (nSPS) is 11.7. The summed E-state index contributed by atoms with van der Waals surface area (Å²) in [6, 6.07) is 12.2. The lowest BCUT2D eigenvalue weighted by molar-refractivity contribution is -0.140. The minimum atomic E-state index is -3.81. The third-order valence-corrected chi connectivity index (χ3v) is 6.54. The molecule has 28 heavy (non-hydrogen) atoms. The van der Waals surface area contributed by atoms with Crippen molar-refractivity contribution in [1.82, 2.24) is 3.97 Å². The molecule has 3 rings (SSSR count). The predicted octanol–water partition coefficient (Wildman–Crippen LogP) is 4.64. The smallest absolute Gasteiger partial charge is 0.305 e. The van der Waals surface area contributed by atoms with Crippen molar-refractivity contribution in [3.8, 4) is 0 Å². The molecular weight excluding hydrogens is 398 g/mol. The van der Waals surface area contributed by atoms with Crippen LogP contribution in [0.3, 0.4) is 0 Å². The Hall–Kier alpha value is -2.31. The number of fused-ring (bicyclic) bond motifs is 1. The Morgan fingerprint density at radius 3 is 2.39 bits per heavy atom. The van der Waals surface area contributed by atoms with Gasteiger partial charge >= 0.3 is 5.97 Å². The number of hydrogen-bond acceptors (Lipinski definition) is 4. The largest absolute Gasteiger partial charge is 0.469 e. The van der Waals surface area contributed by atoms with E-state index >= 15 is 0 Å². The van der Waals surface area contributed by atoms with Crippen molar-refractivity contribution in [3.63, 3.8) is 0 Å². The Kier molecular flexibility index (Phi) is 5.82. The fraction of sp³-hybridized carbons (Fsp3) is 0.286. The summed E-state index contributed by atoms with van der Waals surface area (Å²) in [6.07, 6.45) is 1.13. The second-order valence-corrected chi connectivity index (χ2v) is 9.08. The predicted molar refractivity (Wildman–Crippen MR) is 110 cm³/mol. The fourth-order valence-electron chi connectivity index (χ4n) is 3.38. The number of aromatic nitrogens is 1. The molecule has 1 heterocycles. The second kappa shape index (κ2) is 7.97. The monoisotopic (exact) mass is 419 g/mol. The summed E-state index contributed by atoms with van der Waals surface area (Å²) >= 11 is 6.10. The number of hydrogen-bond donors (Lipinski definition) is 0. The summed E-state index contributed by atoms with van der Waals surface area (Å²) in [6.45, 7) is 3.74. The van der Waals surface area contributed by atoms with Crippen LogP contribution >= 0.6 is 11.6 Å². The molecular formula is C21H22ClNO4S. The molecule has 0 spiro atoms. The molecule has 0 bridgehead atoms. The van der Waals surface area contributed by atoms with Crippen molar-refractivity contribution in [3.05, 3.63) is 64.3 Å². The molecule has 0 atom stereocenters. The summed E-state index contributed by atoms with van der Waals surface area (Å²) < 4.78 is 33.1. The van der Waals surface area contributed by atoms with Crippen LogP contribution in [0, 0.1) is 13.8 Å². The molecule has 3 aromatic rings. The zero-order chi connectivity index (χ0) is 20.5. The quantitative estimate of drug-likeness (QED) is 0.546. The molecule has 0 saturated heterocycles. The number of rotatable bonds is 6. The number of halogens is 1. The Morgan fingerprint density at radius 1 is 1.07 bits per heavy atom. The minimum Gasteiger partial charge on any atom is -0.469 e. The molecule has 0 radical (unpaired) electrons. The van der Waals surface area contributed by atoms with Gasteiger partial charge in [-0.15, -0.1) is 0 Å². The van der Waals surface area contributed by atoms with Gasteiger partial charge in [-0.3, -0.25) is 4.79 Å². The minimum absolute atomic E-state index is 0.225. The maximum atomic E-state index is 13.5. The molecule has 0 amide bonds. The van der Waals surface area contributed by atoms with Gasteiger partial charge in [0.1, 0.15) is 0 Å². The number of esters is 1. The van der Waals surface area contributed by atoms with E-state index in [9.17, 15) is 13.2 Å². The lowest BCUT2D eigenvalue weighted by Crippen LogP contribution is -2.16. The van der Waals surface area contributed by atoms with Gasteiger partial charge < -0.3 is 4.74 Å². The first-order chi connectivity index (χ1) is 13.2. The van der Waals surface area contributed by atoms with Crippen LogP contribution in [0.25, 0.3) is 10.9 Å². The van der Waals surface area contributed by atoms with Crippen molar-refractivity contribution in [1.29, 1.82) is 0 Å².